The Kier molecular flexibility index (Phi) is 6.71. The molecule has 2 heterocycles. The highest BCUT2D eigenvalue weighted by molar-refractivity contribution is 7.89. The number of piperidine rings is 1. The SMILES string of the molecule is Cc1cc(C(=O)OCC(=O)Nc2cccc(S(=O)(=O)N3CCCCC3)c2)c2ccccc2n1. The first-order valence-electron chi connectivity index (χ1n) is 10.8. The van der Waals surface area contributed by atoms with Crippen LogP contribution in [0.3, 0.4) is 0 Å². The second-order valence-electron chi connectivity index (χ2n) is 7.95. The van der Waals surface area contributed by atoms with Crippen LogP contribution in [-0.2, 0) is 19.6 Å². The molecule has 1 amide bonds. The highest BCUT2D eigenvalue weighted by Gasteiger charge is 2.26. The first kappa shape index (κ1) is 22.9. The lowest BCUT2D eigenvalue weighted by Crippen LogP contribution is -2.35. The summed E-state index contributed by atoms with van der Waals surface area (Å²) in [6.45, 7) is 2.27. The van der Waals surface area contributed by atoms with Gasteiger partial charge < -0.3 is 10.1 Å². The summed E-state index contributed by atoms with van der Waals surface area (Å²) in [6, 6.07) is 14.9. The first-order valence-corrected chi connectivity index (χ1v) is 12.2. The molecule has 3 aromatic rings. The van der Waals surface area contributed by atoms with Gasteiger partial charge in [-0.2, -0.15) is 4.31 Å². The number of sulfonamides is 1. The number of rotatable bonds is 6. The van der Waals surface area contributed by atoms with Crippen molar-refractivity contribution in [2.75, 3.05) is 25.0 Å². The normalized spacial score (nSPS) is 14.7. The third-order valence-corrected chi connectivity index (χ3v) is 7.36. The smallest absolute Gasteiger partial charge is 0.339 e. The number of fused-ring (bicyclic) bond motifs is 1. The minimum Gasteiger partial charge on any atom is -0.452 e. The second kappa shape index (κ2) is 9.68. The van der Waals surface area contributed by atoms with Crippen molar-refractivity contribution in [2.24, 2.45) is 0 Å². The van der Waals surface area contributed by atoms with Gasteiger partial charge in [-0.3, -0.25) is 9.78 Å². The van der Waals surface area contributed by atoms with Gasteiger partial charge in [0.25, 0.3) is 5.91 Å². The maximum Gasteiger partial charge on any atom is 0.339 e. The van der Waals surface area contributed by atoms with Crippen molar-refractivity contribution in [3.63, 3.8) is 0 Å². The van der Waals surface area contributed by atoms with E-state index < -0.39 is 28.5 Å². The van der Waals surface area contributed by atoms with E-state index in [9.17, 15) is 18.0 Å². The van der Waals surface area contributed by atoms with Crippen LogP contribution in [0.1, 0.15) is 35.3 Å². The maximum absolute atomic E-state index is 12.9. The summed E-state index contributed by atoms with van der Waals surface area (Å²) < 4.78 is 32.4. The van der Waals surface area contributed by atoms with Crippen molar-refractivity contribution in [1.82, 2.24) is 9.29 Å². The molecule has 0 aliphatic carbocycles. The Balaban J connectivity index is 1.42. The fraction of sp³-hybridized carbons (Fsp3) is 0.292. The van der Waals surface area contributed by atoms with Crippen LogP contribution in [0.5, 0.6) is 0 Å². The van der Waals surface area contributed by atoms with Gasteiger partial charge in [0, 0.05) is 29.9 Å². The molecule has 1 aliphatic heterocycles. The topological polar surface area (TPSA) is 106 Å². The van der Waals surface area contributed by atoms with E-state index in [1.54, 1.807) is 43.3 Å². The van der Waals surface area contributed by atoms with Gasteiger partial charge in [-0.05, 0) is 50.1 Å². The number of nitrogens with one attached hydrogen (secondary N) is 1. The number of aromatic nitrogens is 1. The number of hydrogen-bond donors (Lipinski definition) is 1. The summed E-state index contributed by atoms with van der Waals surface area (Å²) in [7, 11) is -3.62. The summed E-state index contributed by atoms with van der Waals surface area (Å²) in [5.41, 5.74) is 1.98. The molecule has 1 saturated heterocycles. The molecule has 1 aromatic heterocycles. The summed E-state index contributed by atoms with van der Waals surface area (Å²) in [6.07, 6.45) is 2.70. The number of hydrogen-bond acceptors (Lipinski definition) is 6. The lowest BCUT2D eigenvalue weighted by atomic mass is 10.1. The van der Waals surface area contributed by atoms with Crippen LogP contribution in [0.25, 0.3) is 10.9 Å². The van der Waals surface area contributed by atoms with Gasteiger partial charge in [0.2, 0.25) is 10.0 Å². The van der Waals surface area contributed by atoms with Crippen molar-refractivity contribution in [1.29, 1.82) is 0 Å². The molecule has 9 heteroatoms. The Morgan fingerprint density at radius 3 is 2.58 bits per heavy atom. The van der Waals surface area contributed by atoms with Crippen LogP contribution >= 0.6 is 0 Å². The zero-order valence-electron chi connectivity index (χ0n) is 18.3. The standard InChI is InChI=1S/C24H25N3O5S/c1-17-14-21(20-10-3-4-11-22(20)25-17)24(29)32-16-23(28)26-18-8-7-9-19(15-18)33(30,31)27-12-5-2-6-13-27/h3-4,7-11,14-15H,2,5-6,12-13,16H2,1H3,(H,26,28). The molecule has 172 valence electrons. The molecule has 0 atom stereocenters. The molecule has 4 rings (SSSR count). The average Bonchev–Trinajstić information content (AvgIpc) is 2.82. The summed E-state index contributed by atoms with van der Waals surface area (Å²) >= 11 is 0. The summed E-state index contributed by atoms with van der Waals surface area (Å²) in [5, 5.41) is 3.24. The van der Waals surface area contributed by atoms with E-state index >= 15 is 0 Å². The Morgan fingerprint density at radius 1 is 1.03 bits per heavy atom. The minimum absolute atomic E-state index is 0.123. The van der Waals surface area contributed by atoms with Gasteiger partial charge in [-0.25, -0.2) is 13.2 Å². The number of pyridine rings is 1. The Bertz CT molecular complexity index is 1300. The number of carbonyl (C=O) groups is 2. The molecular formula is C24H25N3O5S. The number of benzene rings is 2. The lowest BCUT2D eigenvalue weighted by molar-refractivity contribution is -0.119. The van der Waals surface area contributed by atoms with E-state index in [0.717, 1.165) is 19.3 Å². The molecule has 1 fully saturated rings. The zero-order valence-corrected chi connectivity index (χ0v) is 19.1. The molecular weight excluding hydrogens is 442 g/mol. The monoisotopic (exact) mass is 467 g/mol. The number of amides is 1. The first-order chi connectivity index (χ1) is 15.8. The van der Waals surface area contributed by atoms with Crippen LogP contribution in [0.2, 0.25) is 0 Å². The summed E-state index contributed by atoms with van der Waals surface area (Å²) in [4.78, 5) is 29.5. The summed E-state index contributed by atoms with van der Waals surface area (Å²) in [5.74, 6) is -1.20. The van der Waals surface area contributed by atoms with Gasteiger partial charge in [0.05, 0.1) is 16.0 Å². The molecule has 0 spiro atoms. The predicted molar refractivity (Wildman–Crippen MR) is 124 cm³/mol. The van der Waals surface area contributed by atoms with E-state index in [1.807, 2.05) is 6.07 Å². The van der Waals surface area contributed by atoms with Crippen molar-refractivity contribution >= 4 is 38.5 Å². The fourth-order valence-electron chi connectivity index (χ4n) is 3.87. The molecule has 2 aromatic carbocycles. The van der Waals surface area contributed by atoms with Gasteiger partial charge in [-0.15, -0.1) is 0 Å². The number of aryl methyl sites for hydroxylation is 1. The highest BCUT2D eigenvalue weighted by atomic mass is 32.2. The number of ether oxygens (including phenoxy) is 1. The Labute approximate surface area is 192 Å². The minimum atomic E-state index is -3.62. The number of esters is 1. The van der Waals surface area contributed by atoms with Crippen LogP contribution in [0, 0.1) is 6.92 Å². The van der Waals surface area contributed by atoms with Gasteiger partial charge >= 0.3 is 5.97 Å². The average molecular weight is 468 g/mol. The number of carbonyl (C=O) groups excluding carboxylic acids is 2. The number of para-hydroxylation sites is 1. The maximum atomic E-state index is 12.9. The highest BCUT2D eigenvalue weighted by Crippen LogP contribution is 2.23. The van der Waals surface area contributed by atoms with E-state index in [2.05, 4.69) is 10.3 Å². The quantitative estimate of drug-likeness (QED) is 0.556. The second-order valence-corrected chi connectivity index (χ2v) is 9.88. The van der Waals surface area contributed by atoms with Crippen LogP contribution in [-0.4, -0.2) is 49.3 Å². The predicted octanol–water partition coefficient (Wildman–Crippen LogP) is 3.51. The van der Waals surface area contributed by atoms with Crippen molar-refractivity contribution in [3.8, 4) is 0 Å². The lowest BCUT2D eigenvalue weighted by Gasteiger charge is -2.26. The van der Waals surface area contributed by atoms with Crippen molar-refractivity contribution < 1.29 is 22.7 Å². The van der Waals surface area contributed by atoms with Gasteiger partial charge in [0.15, 0.2) is 6.61 Å². The van der Waals surface area contributed by atoms with Crippen LogP contribution in [0.15, 0.2) is 59.5 Å². The molecule has 0 saturated carbocycles. The van der Waals surface area contributed by atoms with E-state index in [4.69, 9.17) is 4.74 Å². The molecule has 1 N–H and O–H groups in total. The van der Waals surface area contributed by atoms with Gasteiger partial charge in [0.1, 0.15) is 0 Å². The number of anilines is 1. The molecule has 0 unspecified atom stereocenters. The molecule has 0 bridgehead atoms. The molecule has 0 radical (unpaired) electrons. The zero-order chi connectivity index (χ0) is 23.4. The fourth-order valence-corrected chi connectivity index (χ4v) is 5.43. The third kappa shape index (κ3) is 5.20. The number of nitrogens with zero attached hydrogens (tertiary/aromatic N) is 2. The third-order valence-electron chi connectivity index (χ3n) is 5.47. The molecule has 33 heavy (non-hydrogen) atoms. The Hall–Kier alpha value is -3.30. The Morgan fingerprint density at radius 2 is 1.79 bits per heavy atom. The van der Waals surface area contributed by atoms with Gasteiger partial charge in [-0.1, -0.05) is 30.7 Å². The van der Waals surface area contributed by atoms with E-state index in [-0.39, 0.29) is 4.90 Å². The van der Waals surface area contributed by atoms with Crippen LogP contribution < -0.4 is 5.32 Å². The van der Waals surface area contributed by atoms with E-state index in [1.165, 1.54) is 16.4 Å². The van der Waals surface area contributed by atoms with Crippen molar-refractivity contribution in [3.05, 3.63) is 65.9 Å². The van der Waals surface area contributed by atoms with Crippen LogP contribution in [0.4, 0.5) is 5.69 Å². The van der Waals surface area contributed by atoms with E-state index in [0.29, 0.717) is 40.9 Å². The largest absolute Gasteiger partial charge is 0.452 e. The molecule has 8 nitrogen and oxygen atoms in total. The molecule has 1 aliphatic rings. The van der Waals surface area contributed by atoms with Crippen molar-refractivity contribution in [2.45, 2.75) is 31.1 Å².